The summed E-state index contributed by atoms with van der Waals surface area (Å²) in [5, 5.41) is 6.52. The summed E-state index contributed by atoms with van der Waals surface area (Å²) >= 11 is 0. The van der Waals surface area contributed by atoms with Crippen molar-refractivity contribution in [1.82, 2.24) is 9.78 Å². The highest BCUT2D eigenvalue weighted by atomic mass is 19.4. The predicted octanol–water partition coefficient (Wildman–Crippen LogP) is 4.68. The third kappa shape index (κ3) is 4.30. The van der Waals surface area contributed by atoms with Gasteiger partial charge in [-0.3, -0.25) is 4.79 Å². The standard InChI is InChI=1S/C19H15F4N3O2/c1-2-28-16-11-26(15-8-6-13(20)7-9-15)25-17(16)18(27)24-14-5-3-4-12(10-14)19(21,22)23/h3-11H,2H2,1H3,(H,24,27). The van der Waals surface area contributed by atoms with Crippen LogP contribution >= 0.6 is 0 Å². The Bertz CT molecular complexity index is 982. The van der Waals surface area contributed by atoms with Crippen molar-refractivity contribution in [2.45, 2.75) is 13.1 Å². The van der Waals surface area contributed by atoms with Crippen LogP contribution in [-0.2, 0) is 6.18 Å². The Morgan fingerprint density at radius 3 is 2.54 bits per heavy atom. The van der Waals surface area contributed by atoms with Crippen molar-refractivity contribution in [3.05, 3.63) is 71.8 Å². The molecule has 0 fully saturated rings. The van der Waals surface area contributed by atoms with Crippen molar-refractivity contribution in [3.8, 4) is 11.4 Å². The summed E-state index contributed by atoms with van der Waals surface area (Å²) in [6, 6.07) is 9.67. The molecule has 0 radical (unpaired) electrons. The van der Waals surface area contributed by atoms with E-state index in [2.05, 4.69) is 10.4 Å². The maximum Gasteiger partial charge on any atom is 0.416 e. The summed E-state index contributed by atoms with van der Waals surface area (Å²) < 4.78 is 58.3. The first-order valence-electron chi connectivity index (χ1n) is 8.25. The number of ether oxygens (including phenoxy) is 1. The molecule has 0 aliphatic carbocycles. The second-order valence-electron chi connectivity index (χ2n) is 5.73. The fourth-order valence-electron chi connectivity index (χ4n) is 2.47. The van der Waals surface area contributed by atoms with E-state index in [4.69, 9.17) is 4.74 Å². The van der Waals surface area contributed by atoms with Gasteiger partial charge in [-0.2, -0.15) is 18.3 Å². The molecule has 146 valence electrons. The zero-order chi connectivity index (χ0) is 20.3. The normalized spacial score (nSPS) is 11.3. The van der Waals surface area contributed by atoms with Crippen LogP contribution in [0.4, 0.5) is 23.2 Å². The maximum absolute atomic E-state index is 13.1. The summed E-state index contributed by atoms with van der Waals surface area (Å²) in [6.45, 7) is 1.96. The highest BCUT2D eigenvalue weighted by molar-refractivity contribution is 6.04. The summed E-state index contributed by atoms with van der Waals surface area (Å²) in [6.07, 6.45) is -3.08. The Morgan fingerprint density at radius 2 is 1.89 bits per heavy atom. The number of hydrogen-bond acceptors (Lipinski definition) is 3. The van der Waals surface area contributed by atoms with Gasteiger partial charge in [0.2, 0.25) is 0 Å². The number of alkyl halides is 3. The first kappa shape index (κ1) is 19.4. The quantitative estimate of drug-likeness (QED) is 0.641. The minimum atomic E-state index is -4.53. The molecule has 28 heavy (non-hydrogen) atoms. The van der Waals surface area contributed by atoms with Gasteiger partial charge in [-0.15, -0.1) is 0 Å². The lowest BCUT2D eigenvalue weighted by molar-refractivity contribution is -0.137. The molecular weight excluding hydrogens is 378 g/mol. The summed E-state index contributed by atoms with van der Waals surface area (Å²) in [5.74, 6) is -1.01. The van der Waals surface area contributed by atoms with Gasteiger partial charge in [0, 0.05) is 5.69 Å². The minimum Gasteiger partial charge on any atom is -0.490 e. The van der Waals surface area contributed by atoms with E-state index in [1.807, 2.05) is 0 Å². The third-order valence-electron chi connectivity index (χ3n) is 3.73. The lowest BCUT2D eigenvalue weighted by Crippen LogP contribution is -2.15. The number of anilines is 1. The monoisotopic (exact) mass is 393 g/mol. The number of benzene rings is 2. The molecule has 0 aliphatic rings. The molecule has 0 saturated heterocycles. The van der Waals surface area contributed by atoms with Crippen LogP contribution in [0.2, 0.25) is 0 Å². The largest absolute Gasteiger partial charge is 0.490 e. The SMILES string of the molecule is CCOc1cn(-c2ccc(F)cc2)nc1C(=O)Nc1cccc(C(F)(F)F)c1. The van der Waals surface area contributed by atoms with Crippen LogP contribution in [-0.4, -0.2) is 22.3 Å². The third-order valence-corrected chi connectivity index (χ3v) is 3.73. The van der Waals surface area contributed by atoms with Crippen LogP contribution in [0, 0.1) is 5.82 Å². The number of aromatic nitrogens is 2. The van der Waals surface area contributed by atoms with Crippen LogP contribution in [0.15, 0.2) is 54.7 Å². The highest BCUT2D eigenvalue weighted by Crippen LogP contribution is 2.31. The maximum atomic E-state index is 13.1. The van der Waals surface area contributed by atoms with Crippen molar-refractivity contribution in [2.75, 3.05) is 11.9 Å². The highest BCUT2D eigenvalue weighted by Gasteiger charge is 2.30. The van der Waals surface area contributed by atoms with E-state index in [9.17, 15) is 22.4 Å². The van der Waals surface area contributed by atoms with Crippen LogP contribution in [0.5, 0.6) is 5.75 Å². The van der Waals surface area contributed by atoms with Gasteiger partial charge in [-0.1, -0.05) is 6.07 Å². The first-order chi connectivity index (χ1) is 13.3. The lowest BCUT2D eigenvalue weighted by atomic mass is 10.2. The molecule has 0 atom stereocenters. The Labute approximate surface area is 157 Å². The van der Waals surface area contributed by atoms with Crippen LogP contribution in [0.3, 0.4) is 0 Å². The zero-order valence-electron chi connectivity index (χ0n) is 14.6. The van der Waals surface area contributed by atoms with Gasteiger partial charge in [0.25, 0.3) is 5.91 Å². The lowest BCUT2D eigenvalue weighted by Gasteiger charge is -2.09. The molecule has 1 amide bonds. The van der Waals surface area contributed by atoms with E-state index >= 15 is 0 Å². The molecule has 1 heterocycles. The summed E-state index contributed by atoms with van der Waals surface area (Å²) in [4.78, 5) is 12.6. The molecule has 0 bridgehead atoms. The molecule has 0 unspecified atom stereocenters. The average Bonchev–Trinajstić information content (AvgIpc) is 3.06. The van der Waals surface area contributed by atoms with Gasteiger partial charge in [-0.25, -0.2) is 9.07 Å². The second kappa shape index (κ2) is 7.71. The van der Waals surface area contributed by atoms with Crippen molar-refractivity contribution in [3.63, 3.8) is 0 Å². The first-order valence-corrected chi connectivity index (χ1v) is 8.25. The fourth-order valence-corrected chi connectivity index (χ4v) is 2.47. The summed E-state index contributed by atoms with van der Waals surface area (Å²) in [7, 11) is 0. The van der Waals surface area contributed by atoms with E-state index < -0.39 is 23.5 Å². The van der Waals surface area contributed by atoms with Gasteiger partial charge < -0.3 is 10.1 Å². The Morgan fingerprint density at radius 1 is 1.18 bits per heavy atom. The van der Waals surface area contributed by atoms with Gasteiger partial charge in [0.1, 0.15) is 5.82 Å². The van der Waals surface area contributed by atoms with Crippen molar-refractivity contribution in [2.24, 2.45) is 0 Å². The molecule has 0 saturated carbocycles. The number of amides is 1. The van der Waals surface area contributed by atoms with Crippen LogP contribution < -0.4 is 10.1 Å². The van der Waals surface area contributed by atoms with Gasteiger partial charge >= 0.3 is 6.18 Å². The molecule has 3 aromatic rings. The van der Waals surface area contributed by atoms with Crippen LogP contribution in [0.1, 0.15) is 23.0 Å². The zero-order valence-corrected chi connectivity index (χ0v) is 14.6. The second-order valence-corrected chi connectivity index (χ2v) is 5.73. The van der Waals surface area contributed by atoms with E-state index in [0.29, 0.717) is 5.69 Å². The van der Waals surface area contributed by atoms with Crippen LogP contribution in [0.25, 0.3) is 5.69 Å². The van der Waals surface area contributed by atoms with E-state index in [0.717, 1.165) is 12.1 Å². The number of nitrogens with zero attached hydrogens (tertiary/aromatic N) is 2. The Kier molecular flexibility index (Phi) is 5.34. The topological polar surface area (TPSA) is 56.2 Å². The molecule has 1 aromatic heterocycles. The Hall–Kier alpha value is -3.36. The van der Waals surface area contributed by atoms with Gasteiger partial charge in [0.05, 0.1) is 24.1 Å². The Balaban J connectivity index is 1.89. The van der Waals surface area contributed by atoms with E-state index in [-0.39, 0.29) is 23.7 Å². The molecule has 9 heteroatoms. The number of carbonyl (C=O) groups excluding carboxylic acids is 1. The number of hydrogen-bond donors (Lipinski definition) is 1. The molecule has 1 N–H and O–H groups in total. The van der Waals surface area contributed by atoms with Crippen molar-refractivity contribution in [1.29, 1.82) is 0 Å². The smallest absolute Gasteiger partial charge is 0.416 e. The fraction of sp³-hybridized carbons (Fsp3) is 0.158. The van der Waals surface area contributed by atoms with Gasteiger partial charge in [-0.05, 0) is 49.4 Å². The molecular formula is C19H15F4N3O2. The number of carbonyl (C=O) groups is 1. The molecule has 2 aromatic carbocycles. The van der Waals surface area contributed by atoms with Crippen molar-refractivity contribution >= 4 is 11.6 Å². The van der Waals surface area contributed by atoms with E-state index in [1.54, 1.807) is 6.92 Å². The summed E-state index contributed by atoms with van der Waals surface area (Å²) in [5.41, 5.74) is -0.533. The van der Waals surface area contributed by atoms with Gasteiger partial charge in [0.15, 0.2) is 11.4 Å². The number of nitrogens with one attached hydrogen (secondary N) is 1. The number of halogens is 4. The minimum absolute atomic E-state index is 0.0291. The molecule has 3 rings (SSSR count). The molecule has 0 aliphatic heterocycles. The molecule has 0 spiro atoms. The average molecular weight is 393 g/mol. The number of rotatable bonds is 5. The van der Waals surface area contributed by atoms with Crippen molar-refractivity contribution < 1.29 is 27.1 Å². The van der Waals surface area contributed by atoms with E-state index in [1.165, 1.54) is 47.3 Å². The molecule has 5 nitrogen and oxygen atoms in total. The predicted molar refractivity (Wildman–Crippen MR) is 94.1 cm³/mol.